The van der Waals surface area contributed by atoms with Gasteiger partial charge in [-0.05, 0) is 56.4 Å². The second-order valence-corrected chi connectivity index (χ2v) is 9.90. The summed E-state index contributed by atoms with van der Waals surface area (Å²) in [5.74, 6) is 2.47. The van der Waals surface area contributed by atoms with Crippen LogP contribution in [-0.2, 0) is 17.6 Å². The van der Waals surface area contributed by atoms with Gasteiger partial charge in [-0.3, -0.25) is 9.89 Å². The Bertz CT molecular complexity index is 1180. The van der Waals surface area contributed by atoms with E-state index in [4.69, 9.17) is 9.97 Å². The highest BCUT2D eigenvalue weighted by Gasteiger charge is 2.34. The molecule has 3 N–H and O–H groups in total. The van der Waals surface area contributed by atoms with Crippen LogP contribution in [0.5, 0.6) is 0 Å². The van der Waals surface area contributed by atoms with Crippen LogP contribution in [0.15, 0.2) is 29.4 Å². The molecule has 4 heterocycles. The Hall–Kier alpha value is -3.14. The van der Waals surface area contributed by atoms with Crippen molar-refractivity contribution in [1.82, 2.24) is 25.1 Å². The van der Waals surface area contributed by atoms with E-state index >= 15 is 0 Å². The Morgan fingerprint density at radius 3 is 2.85 bits per heavy atom. The van der Waals surface area contributed by atoms with Gasteiger partial charge in [0.15, 0.2) is 5.82 Å². The maximum absolute atomic E-state index is 13.2. The molecule has 2 aliphatic rings. The van der Waals surface area contributed by atoms with E-state index in [0.717, 1.165) is 72.3 Å². The molecule has 1 aliphatic heterocycles. The molecule has 10 heteroatoms. The summed E-state index contributed by atoms with van der Waals surface area (Å²) in [6.07, 6.45) is 8.30. The number of amides is 1. The minimum Gasteiger partial charge on any atom is -0.329 e. The second kappa shape index (κ2) is 9.61. The first-order chi connectivity index (χ1) is 16.5. The molecule has 0 radical (unpaired) electrons. The number of aromatic nitrogens is 5. The molecule has 1 aliphatic carbocycles. The van der Waals surface area contributed by atoms with Crippen molar-refractivity contribution >= 4 is 40.9 Å². The quantitative estimate of drug-likeness (QED) is 0.432. The van der Waals surface area contributed by atoms with Gasteiger partial charge in [0.25, 0.3) is 0 Å². The van der Waals surface area contributed by atoms with Gasteiger partial charge in [0.2, 0.25) is 11.9 Å². The molecule has 0 aromatic carbocycles. The van der Waals surface area contributed by atoms with E-state index in [1.807, 2.05) is 29.4 Å². The van der Waals surface area contributed by atoms with Crippen LogP contribution in [0.1, 0.15) is 56.0 Å². The lowest BCUT2D eigenvalue weighted by Crippen LogP contribution is -2.40. The van der Waals surface area contributed by atoms with Crippen LogP contribution in [-0.4, -0.2) is 49.9 Å². The van der Waals surface area contributed by atoms with E-state index < -0.39 is 0 Å². The monoisotopic (exact) mass is 478 g/mol. The summed E-state index contributed by atoms with van der Waals surface area (Å²) < 4.78 is 0. The summed E-state index contributed by atoms with van der Waals surface area (Å²) in [5, 5.41) is 14.8. The molecule has 1 atom stereocenters. The van der Waals surface area contributed by atoms with Crippen molar-refractivity contribution in [2.45, 2.75) is 62.9 Å². The van der Waals surface area contributed by atoms with Gasteiger partial charge in [-0.15, -0.1) is 11.8 Å². The summed E-state index contributed by atoms with van der Waals surface area (Å²) in [6.45, 7) is 5.01. The van der Waals surface area contributed by atoms with E-state index in [-0.39, 0.29) is 11.9 Å². The number of nitrogens with zero attached hydrogens (tertiary/aromatic N) is 5. The average molecular weight is 479 g/mol. The van der Waals surface area contributed by atoms with Crippen molar-refractivity contribution in [1.29, 1.82) is 0 Å². The fourth-order valence-corrected chi connectivity index (χ4v) is 4.91. The lowest BCUT2D eigenvalue weighted by atomic mass is 10.1. The number of hydrogen-bond acceptors (Lipinski definition) is 8. The largest absolute Gasteiger partial charge is 0.329 e. The highest BCUT2D eigenvalue weighted by atomic mass is 32.2. The van der Waals surface area contributed by atoms with Crippen LogP contribution in [0, 0.1) is 0 Å². The number of H-pyrrole nitrogens is 1. The van der Waals surface area contributed by atoms with Crippen molar-refractivity contribution in [2.24, 2.45) is 0 Å². The van der Waals surface area contributed by atoms with Crippen LogP contribution >= 0.6 is 11.8 Å². The smallest absolute Gasteiger partial charge is 0.247 e. The number of aryl methyl sites for hydroxylation is 1. The molecule has 1 saturated heterocycles. The molecule has 0 spiro atoms. The average Bonchev–Trinajstić information content (AvgIpc) is 3.59. The zero-order chi connectivity index (χ0) is 23.7. The molecule has 3 aromatic rings. The fraction of sp³-hybridized carbons (Fsp3) is 0.458. The number of carbonyl (C=O) groups excluding carboxylic acids is 1. The van der Waals surface area contributed by atoms with Crippen molar-refractivity contribution in [2.75, 3.05) is 28.3 Å². The van der Waals surface area contributed by atoms with Crippen LogP contribution in [0.25, 0.3) is 0 Å². The Kier molecular flexibility index (Phi) is 6.40. The lowest BCUT2D eigenvalue weighted by Gasteiger charge is -2.25. The first-order valence-corrected chi connectivity index (χ1v) is 13.0. The zero-order valence-electron chi connectivity index (χ0n) is 19.8. The predicted octanol–water partition coefficient (Wildman–Crippen LogP) is 4.28. The highest BCUT2D eigenvalue weighted by molar-refractivity contribution is 7.98. The number of pyridine rings is 1. The first kappa shape index (κ1) is 22.6. The molecular formula is C24H30N8OS. The number of thioether (sulfide) groups is 1. The molecule has 0 bridgehead atoms. The summed E-state index contributed by atoms with van der Waals surface area (Å²) in [6, 6.07) is 5.51. The third-order valence-electron chi connectivity index (χ3n) is 6.41. The molecular weight excluding hydrogens is 448 g/mol. The number of anilines is 4. The van der Waals surface area contributed by atoms with Gasteiger partial charge < -0.3 is 15.5 Å². The van der Waals surface area contributed by atoms with E-state index in [9.17, 15) is 4.79 Å². The van der Waals surface area contributed by atoms with Gasteiger partial charge in [0.1, 0.15) is 11.9 Å². The minimum absolute atomic E-state index is 0.0521. The molecule has 178 valence electrons. The van der Waals surface area contributed by atoms with Gasteiger partial charge >= 0.3 is 0 Å². The molecule has 1 amide bonds. The third-order valence-corrected chi connectivity index (χ3v) is 7.07. The normalized spacial score (nSPS) is 17.3. The number of carbonyl (C=O) groups is 1. The summed E-state index contributed by atoms with van der Waals surface area (Å²) >= 11 is 1.57. The van der Waals surface area contributed by atoms with Crippen molar-refractivity contribution in [3.63, 3.8) is 0 Å². The van der Waals surface area contributed by atoms with Crippen LogP contribution in [0.4, 0.5) is 23.3 Å². The number of rotatable bonds is 7. The van der Waals surface area contributed by atoms with Crippen LogP contribution < -0.4 is 15.5 Å². The van der Waals surface area contributed by atoms with Crippen molar-refractivity contribution < 1.29 is 4.79 Å². The highest BCUT2D eigenvalue weighted by Crippen LogP contribution is 2.33. The lowest BCUT2D eigenvalue weighted by molar-refractivity contribution is -0.117. The summed E-state index contributed by atoms with van der Waals surface area (Å²) in [7, 11) is 0. The number of hydrogen-bond donors (Lipinski definition) is 3. The van der Waals surface area contributed by atoms with Gasteiger partial charge in [0.05, 0.1) is 22.6 Å². The second-order valence-electron chi connectivity index (χ2n) is 9.07. The topological polar surface area (TPSA) is 112 Å². The van der Waals surface area contributed by atoms with E-state index in [1.165, 1.54) is 0 Å². The summed E-state index contributed by atoms with van der Waals surface area (Å²) in [4.78, 5) is 29.3. The summed E-state index contributed by atoms with van der Waals surface area (Å²) in [5.41, 5.74) is 3.99. The van der Waals surface area contributed by atoms with Gasteiger partial charge in [0, 0.05) is 23.9 Å². The first-order valence-electron chi connectivity index (χ1n) is 11.8. The Labute approximate surface area is 203 Å². The maximum atomic E-state index is 13.2. The van der Waals surface area contributed by atoms with Gasteiger partial charge in [-0.25, -0.2) is 9.97 Å². The third kappa shape index (κ3) is 4.59. The Balaban J connectivity index is 1.38. The number of aromatic amines is 1. The minimum atomic E-state index is -0.314. The maximum Gasteiger partial charge on any atom is 0.247 e. The van der Waals surface area contributed by atoms with Crippen LogP contribution in [0.3, 0.4) is 0 Å². The number of fused-ring (bicyclic) bond motifs is 1. The molecule has 0 saturated carbocycles. The zero-order valence-corrected chi connectivity index (χ0v) is 20.6. The van der Waals surface area contributed by atoms with E-state index in [2.05, 4.69) is 39.7 Å². The SMILES string of the molecule is CSc1ccc(NC(=O)C2CCCN2c2nc3c(c(Nc4cc(C(C)C)[nH]n4)n2)CCC3)cn1. The molecule has 1 fully saturated rings. The Morgan fingerprint density at radius 2 is 2.12 bits per heavy atom. The molecule has 34 heavy (non-hydrogen) atoms. The van der Waals surface area contributed by atoms with E-state index in [1.54, 1.807) is 18.0 Å². The molecule has 1 unspecified atom stereocenters. The molecule has 9 nitrogen and oxygen atoms in total. The Morgan fingerprint density at radius 1 is 1.24 bits per heavy atom. The standard InChI is InChI=1S/C24H30N8OS/c1-14(2)18-12-20(31-30-18)28-22-16-6-4-7-17(16)27-24(29-22)32-11-5-8-19(32)23(33)26-15-9-10-21(34-3)25-13-15/h9-10,12-14,19H,4-8,11H2,1-3H3,(H,26,33)(H2,27,28,29,30,31). The van der Waals surface area contributed by atoms with Gasteiger partial charge in [-0.1, -0.05) is 13.8 Å². The van der Waals surface area contributed by atoms with Crippen molar-refractivity contribution in [3.8, 4) is 0 Å². The number of nitrogens with one attached hydrogen (secondary N) is 3. The van der Waals surface area contributed by atoms with Crippen molar-refractivity contribution in [3.05, 3.63) is 41.3 Å². The van der Waals surface area contributed by atoms with Gasteiger partial charge in [-0.2, -0.15) is 10.1 Å². The molecule has 5 rings (SSSR count). The predicted molar refractivity (Wildman–Crippen MR) is 135 cm³/mol. The molecule has 3 aromatic heterocycles. The van der Waals surface area contributed by atoms with E-state index in [0.29, 0.717) is 17.6 Å². The van der Waals surface area contributed by atoms with Crippen LogP contribution in [0.2, 0.25) is 0 Å². The fourth-order valence-electron chi connectivity index (χ4n) is 4.55.